The summed E-state index contributed by atoms with van der Waals surface area (Å²) in [5.74, 6) is 0.0374. The number of pyridine rings is 1. The minimum atomic E-state index is -4.42. The van der Waals surface area contributed by atoms with Crippen LogP contribution in [-0.4, -0.2) is 26.5 Å². The first-order chi connectivity index (χ1) is 12.1. The highest BCUT2D eigenvalue weighted by atomic mass is 19.4. The highest BCUT2D eigenvalue weighted by molar-refractivity contribution is 5.81. The first-order valence-electron chi connectivity index (χ1n) is 8.76. The van der Waals surface area contributed by atoms with Gasteiger partial charge in [0.15, 0.2) is 5.65 Å². The van der Waals surface area contributed by atoms with Gasteiger partial charge < -0.3 is 9.88 Å². The van der Waals surface area contributed by atoms with Crippen molar-refractivity contribution in [1.29, 1.82) is 0 Å². The second-order valence-corrected chi connectivity index (χ2v) is 7.95. The summed E-state index contributed by atoms with van der Waals surface area (Å²) in [6.45, 7) is 5.64. The maximum Gasteiger partial charge on any atom is 0.417 e. The van der Waals surface area contributed by atoms with Crippen LogP contribution in [0.15, 0.2) is 18.6 Å². The van der Waals surface area contributed by atoms with Gasteiger partial charge in [0, 0.05) is 23.7 Å². The van der Waals surface area contributed by atoms with Crippen molar-refractivity contribution in [3.05, 3.63) is 24.2 Å². The molecule has 0 bridgehead atoms. The molecule has 2 aromatic heterocycles. The molecule has 0 aromatic carbocycles. The van der Waals surface area contributed by atoms with Gasteiger partial charge in [-0.3, -0.25) is 4.79 Å². The van der Waals surface area contributed by atoms with Crippen molar-refractivity contribution in [1.82, 2.24) is 19.9 Å². The summed E-state index contributed by atoms with van der Waals surface area (Å²) < 4.78 is 40.3. The van der Waals surface area contributed by atoms with Gasteiger partial charge >= 0.3 is 6.18 Å². The van der Waals surface area contributed by atoms with E-state index in [0.717, 1.165) is 37.9 Å². The number of carbonyl (C=O) groups excluding carboxylic acids is 1. The van der Waals surface area contributed by atoms with Crippen LogP contribution in [0.4, 0.5) is 13.2 Å². The van der Waals surface area contributed by atoms with Crippen molar-refractivity contribution in [3.63, 3.8) is 0 Å². The van der Waals surface area contributed by atoms with E-state index in [4.69, 9.17) is 0 Å². The molecule has 1 aliphatic rings. The molecule has 0 spiro atoms. The Hall–Kier alpha value is -2.12. The van der Waals surface area contributed by atoms with Crippen LogP contribution in [0.25, 0.3) is 11.2 Å². The molecule has 0 saturated heterocycles. The lowest BCUT2D eigenvalue weighted by molar-refractivity contribution is -0.137. The van der Waals surface area contributed by atoms with E-state index >= 15 is 0 Å². The zero-order chi connectivity index (χ0) is 19.1. The van der Waals surface area contributed by atoms with Crippen molar-refractivity contribution in [2.75, 3.05) is 0 Å². The number of fused-ring (bicyclic) bond motifs is 1. The van der Waals surface area contributed by atoms with Gasteiger partial charge in [-0.2, -0.15) is 13.2 Å². The number of amides is 1. The number of rotatable bonds is 2. The second kappa shape index (κ2) is 6.55. The van der Waals surface area contributed by atoms with Crippen LogP contribution in [0.1, 0.15) is 58.1 Å². The van der Waals surface area contributed by atoms with Crippen molar-refractivity contribution in [2.45, 2.75) is 64.7 Å². The maximum absolute atomic E-state index is 12.8. The molecule has 8 heteroatoms. The third-order valence-electron chi connectivity index (χ3n) is 4.85. The Morgan fingerprint density at radius 3 is 2.38 bits per heavy atom. The molecule has 142 valence electrons. The minimum Gasteiger partial charge on any atom is -0.353 e. The predicted molar refractivity (Wildman–Crippen MR) is 91.4 cm³/mol. The topological polar surface area (TPSA) is 59.8 Å². The van der Waals surface area contributed by atoms with E-state index in [0.29, 0.717) is 5.65 Å². The van der Waals surface area contributed by atoms with Crippen LogP contribution in [0.2, 0.25) is 0 Å². The number of nitrogens with zero attached hydrogens (tertiary/aromatic N) is 3. The van der Waals surface area contributed by atoms with Gasteiger partial charge in [0.2, 0.25) is 5.91 Å². The number of nitrogens with one attached hydrogen (secondary N) is 1. The van der Waals surface area contributed by atoms with Gasteiger partial charge in [-0.1, -0.05) is 20.8 Å². The zero-order valence-electron chi connectivity index (χ0n) is 15.1. The normalized spacial score (nSPS) is 21.8. The van der Waals surface area contributed by atoms with Crippen LogP contribution < -0.4 is 5.32 Å². The van der Waals surface area contributed by atoms with Crippen LogP contribution >= 0.6 is 0 Å². The number of halogens is 3. The van der Waals surface area contributed by atoms with Crippen LogP contribution in [0.5, 0.6) is 0 Å². The molecule has 2 aromatic rings. The molecule has 5 nitrogen and oxygen atoms in total. The fourth-order valence-electron chi connectivity index (χ4n) is 3.24. The van der Waals surface area contributed by atoms with Gasteiger partial charge in [-0.15, -0.1) is 0 Å². The molecule has 26 heavy (non-hydrogen) atoms. The van der Waals surface area contributed by atoms with E-state index in [2.05, 4.69) is 15.3 Å². The molecule has 2 heterocycles. The van der Waals surface area contributed by atoms with Gasteiger partial charge in [0.05, 0.1) is 11.9 Å². The average Bonchev–Trinajstić information content (AvgIpc) is 2.97. The Kier molecular flexibility index (Phi) is 4.71. The standard InChI is InChI=1S/C18H23F3N4O/c1-17(2,3)16(26)24-12-4-6-13(7-5-12)25-10-23-14-8-11(18(19,20)21)9-22-15(14)25/h8-10,12-13H,4-7H2,1-3H3,(H,24,26). The number of imidazole rings is 1. The lowest BCUT2D eigenvalue weighted by Crippen LogP contribution is -2.43. The second-order valence-electron chi connectivity index (χ2n) is 7.95. The molecule has 0 unspecified atom stereocenters. The monoisotopic (exact) mass is 368 g/mol. The Morgan fingerprint density at radius 1 is 1.15 bits per heavy atom. The lowest BCUT2D eigenvalue weighted by Gasteiger charge is -2.31. The molecule has 0 aliphatic heterocycles. The van der Waals surface area contributed by atoms with E-state index in [1.165, 1.54) is 0 Å². The van der Waals surface area contributed by atoms with Crippen LogP contribution in [-0.2, 0) is 11.0 Å². The zero-order valence-corrected chi connectivity index (χ0v) is 15.1. The summed E-state index contributed by atoms with van der Waals surface area (Å²) in [6, 6.07) is 1.30. The molecule has 3 rings (SSSR count). The quantitative estimate of drug-likeness (QED) is 0.868. The molecule has 0 radical (unpaired) electrons. The third-order valence-corrected chi connectivity index (χ3v) is 4.85. The van der Waals surface area contributed by atoms with Crippen molar-refractivity contribution in [3.8, 4) is 0 Å². The van der Waals surface area contributed by atoms with E-state index in [9.17, 15) is 18.0 Å². The summed E-state index contributed by atoms with van der Waals surface area (Å²) in [5, 5.41) is 3.08. The summed E-state index contributed by atoms with van der Waals surface area (Å²) in [6.07, 6.45) is 1.30. The third kappa shape index (κ3) is 3.83. The largest absolute Gasteiger partial charge is 0.417 e. The lowest BCUT2D eigenvalue weighted by atomic mass is 9.89. The Bertz CT molecular complexity index is 799. The maximum atomic E-state index is 12.8. The Balaban J connectivity index is 1.69. The number of aromatic nitrogens is 3. The minimum absolute atomic E-state index is 0.0374. The molecular formula is C18H23F3N4O. The molecule has 1 aliphatic carbocycles. The van der Waals surface area contributed by atoms with Crippen LogP contribution in [0, 0.1) is 5.41 Å². The van der Waals surface area contributed by atoms with E-state index < -0.39 is 17.2 Å². The summed E-state index contributed by atoms with van der Waals surface area (Å²) in [4.78, 5) is 20.2. The smallest absolute Gasteiger partial charge is 0.353 e. The predicted octanol–water partition coefficient (Wildman–Crippen LogP) is 4.10. The summed E-state index contributed by atoms with van der Waals surface area (Å²) >= 11 is 0. The van der Waals surface area contributed by atoms with Crippen LogP contribution in [0.3, 0.4) is 0 Å². The average molecular weight is 368 g/mol. The molecule has 0 atom stereocenters. The van der Waals surface area contributed by atoms with E-state index in [1.54, 1.807) is 6.33 Å². The Morgan fingerprint density at radius 2 is 1.81 bits per heavy atom. The number of alkyl halides is 3. The molecular weight excluding hydrogens is 345 g/mol. The number of hydrogen-bond donors (Lipinski definition) is 1. The van der Waals surface area contributed by atoms with Gasteiger partial charge in [-0.05, 0) is 31.7 Å². The molecule has 1 amide bonds. The first kappa shape index (κ1) is 18.7. The number of hydrogen-bond acceptors (Lipinski definition) is 3. The SMILES string of the molecule is CC(C)(C)C(=O)NC1CCC(n2cnc3cc(C(F)(F)F)cnc32)CC1. The highest BCUT2D eigenvalue weighted by Crippen LogP contribution is 2.33. The van der Waals surface area contributed by atoms with Crippen molar-refractivity contribution < 1.29 is 18.0 Å². The highest BCUT2D eigenvalue weighted by Gasteiger charge is 2.32. The fourth-order valence-corrected chi connectivity index (χ4v) is 3.24. The van der Waals surface area contributed by atoms with Crippen molar-refractivity contribution >= 4 is 17.1 Å². The summed E-state index contributed by atoms with van der Waals surface area (Å²) in [7, 11) is 0. The van der Waals surface area contributed by atoms with E-state index in [1.807, 2.05) is 25.3 Å². The van der Waals surface area contributed by atoms with E-state index in [-0.39, 0.29) is 23.5 Å². The summed E-state index contributed by atoms with van der Waals surface area (Å²) in [5.41, 5.74) is -0.482. The van der Waals surface area contributed by atoms with Crippen molar-refractivity contribution in [2.24, 2.45) is 5.41 Å². The first-order valence-corrected chi connectivity index (χ1v) is 8.76. The van der Waals surface area contributed by atoms with Gasteiger partial charge in [-0.25, -0.2) is 9.97 Å². The Labute approximate surface area is 150 Å². The molecule has 1 fully saturated rings. The van der Waals surface area contributed by atoms with Gasteiger partial charge in [0.1, 0.15) is 5.52 Å². The number of carbonyl (C=O) groups is 1. The molecule has 1 N–H and O–H groups in total. The molecule has 1 saturated carbocycles. The fraction of sp³-hybridized carbons (Fsp3) is 0.611. The van der Waals surface area contributed by atoms with Gasteiger partial charge in [0.25, 0.3) is 0 Å².